The topological polar surface area (TPSA) is 45.7 Å². The molecule has 1 atom stereocenters. The first-order chi connectivity index (χ1) is 9.28. The molecule has 0 aromatic carbocycles. The molecule has 6 heteroatoms. The Morgan fingerprint density at radius 3 is 3.05 bits per heavy atom. The van der Waals surface area contributed by atoms with Gasteiger partial charge in [-0.3, -0.25) is 4.99 Å². The molecule has 2 heterocycles. The molecule has 1 saturated heterocycles. The van der Waals surface area contributed by atoms with Crippen LogP contribution in [-0.2, 0) is 11.2 Å². The highest BCUT2D eigenvalue weighted by atomic mass is 35.5. The number of aliphatic imine (C=N–C) groups is 1. The van der Waals surface area contributed by atoms with Crippen molar-refractivity contribution in [2.75, 3.05) is 33.4 Å². The number of guanidine groups is 1. The minimum Gasteiger partial charge on any atom is -0.381 e. The van der Waals surface area contributed by atoms with Crippen LogP contribution in [0.5, 0.6) is 0 Å². The van der Waals surface area contributed by atoms with Crippen molar-refractivity contribution in [3.05, 3.63) is 21.3 Å². The largest absolute Gasteiger partial charge is 0.381 e. The van der Waals surface area contributed by atoms with Gasteiger partial charge in [-0.2, -0.15) is 0 Å². The lowest BCUT2D eigenvalue weighted by Gasteiger charge is -2.14. The summed E-state index contributed by atoms with van der Waals surface area (Å²) in [5, 5.41) is 6.65. The van der Waals surface area contributed by atoms with Gasteiger partial charge in [-0.15, -0.1) is 11.3 Å². The SMILES string of the molecule is CN=C(NCCc1ccc(Cl)s1)NCC1CCOC1. The van der Waals surface area contributed by atoms with Crippen LogP contribution in [0.15, 0.2) is 17.1 Å². The molecular formula is C13H20ClN3OS. The third-order valence-corrected chi connectivity index (χ3v) is 4.39. The lowest BCUT2D eigenvalue weighted by atomic mass is 10.1. The number of nitrogens with zero attached hydrogens (tertiary/aromatic N) is 1. The van der Waals surface area contributed by atoms with Crippen LogP contribution < -0.4 is 10.6 Å². The van der Waals surface area contributed by atoms with Crippen LogP contribution in [0.2, 0.25) is 4.34 Å². The zero-order valence-corrected chi connectivity index (χ0v) is 12.7. The fourth-order valence-electron chi connectivity index (χ4n) is 2.00. The van der Waals surface area contributed by atoms with Crippen LogP contribution in [0, 0.1) is 5.92 Å². The van der Waals surface area contributed by atoms with Crippen LogP contribution in [0.3, 0.4) is 0 Å². The Balaban J connectivity index is 1.64. The lowest BCUT2D eigenvalue weighted by molar-refractivity contribution is 0.186. The van der Waals surface area contributed by atoms with Gasteiger partial charge in [0.15, 0.2) is 5.96 Å². The van der Waals surface area contributed by atoms with Gasteiger partial charge in [0.1, 0.15) is 0 Å². The van der Waals surface area contributed by atoms with Gasteiger partial charge in [-0.05, 0) is 25.0 Å². The molecule has 0 saturated carbocycles. The summed E-state index contributed by atoms with van der Waals surface area (Å²) in [7, 11) is 1.79. The van der Waals surface area contributed by atoms with Gasteiger partial charge in [0.2, 0.25) is 0 Å². The fourth-order valence-corrected chi connectivity index (χ4v) is 3.08. The molecule has 1 unspecified atom stereocenters. The number of rotatable bonds is 5. The van der Waals surface area contributed by atoms with Crippen LogP contribution in [0.1, 0.15) is 11.3 Å². The Morgan fingerprint density at radius 1 is 1.53 bits per heavy atom. The normalized spacial score (nSPS) is 19.7. The lowest BCUT2D eigenvalue weighted by Crippen LogP contribution is -2.40. The Kier molecular flexibility index (Phi) is 5.94. The van der Waals surface area contributed by atoms with Crippen molar-refractivity contribution in [1.29, 1.82) is 0 Å². The maximum atomic E-state index is 5.90. The van der Waals surface area contributed by atoms with Crippen LogP contribution in [0.4, 0.5) is 0 Å². The molecule has 19 heavy (non-hydrogen) atoms. The molecule has 1 aliphatic heterocycles. The highest BCUT2D eigenvalue weighted by molar-refractivity contribution is 7.16. The summed E-state index contributed by atoms with van der Waals surface area (Å²) < 4.78 is 6.20. The van der Waals surface area contributed by atoms with Gasteiger partial charge in [0, 0.05) is 37.5 Å². The van der Waals surface area contributed by atoms with Gasteiger partial charge >= 0.3 is 0 Å². The quantitative estimate of drug-likeness (QED) is 0.647. The molecular weight excluding hydrogens is 282 g/mol. The molecule has 2 N–H and O–H groups in total. The highest BCUT2D eigenvalue weighted by Crippen LogP contribution is 2.21. The van der Waals surface area contributed by atoms with Crippen molar-refractivity contribution in [2.24, 2.45) is 10.9 Å². The standard InChI is InChI=1S/C13H20ClN3OS/c1-15-13(17-8-10-5-7-18-9-10)16-6-4-11-2-3-12(14)19-11/h2-3,10H,4-9H2,1H3,(H2,15,16,17). The molecule has 4 nitrogen and oxygen atoms in total. The predicted molar refractivity (Wildman–Crippen MR) is 81.3 cm³/mol. The van der Waals surface area contributed by atoms with E-state index in [4.69, 9.17) is 16.3 Å². The van der Waals surface area contributed by atoms with E-state index in [0.717, 1.165) is 49.4 Å². The molecule has 0 bridgehead atoms. The molecule has 1 aromatic rings. The first-order valence-corrected chi connectivity index (χ1v) is 7.74. The molecule has 0 radical (unpaired) electrons. The third kappa shape index (κ3) is 5.01. The average Bonchev–Trinajstić information content (AvgIpc) is 3.05. The van der Waals surface area contributed by atoms with E-state index < -0.39 is 0 Å². The third-order valence-electron chi connectivity index (χ3n) is 3.10. The summed E-state index contributed by atoms with van der Waals surface area (Å²) in [5.41, 5.74) is 0. The molecule has 1 aliphatic rings. The number of ether oxygens (including phenoxy) is 1. The molecule has 0 spiro atoms. The Hall–Kier alpha value is -0.780. The monoisotopic (exact) mass is 301 g/mol. The van der Waals surface area contributed by atoms with Crippen molar-refractivity contribution in [2.45, 2.75) is 12.8 Å². The van der Waals surface area contributed by atoms with E-state index in [1.165, 1.54) is 4.88 Å². The smallest absolute Gasteiger partial charge is 0.190 e. The molecule has 0 aliphatic carbocycles. The molecule has 106 valence electrons. The van der Waals surface area contributed by atoms with Gasteiger partial charge in [0.05, 0.1) is 10.9 Å². The first-order valence-electron chi connectivity index (χ1n) is 6.54. The number of thiophene rings is 1. The van der Waals surface area contributed by atoms with E-state index in [-0.39, 0.29) is 0 Å². The Morgan fingerprint density at radius 2 is 2.42 bits per heavy atom. The molecule has 1 fully saturated rings. The van der Waals surface area contributed by atoms with Crippen molar-refractivity contribution >= 4 is 28.9 Å². The van der Waals surface area contributed by atoms with Crippen molar-refractivity contribution in [1.82, 2.24) is 10.6 Å². The number of nitrogens with one attached hydrogen (secondary N) is 2. The summed E-state index contributed by atoms with van der Waals surface area (Å²) in [6.07, 6.45) is 2.10. The first kappa shape index (κ1) is 14.6. The van der Waals surface area contributed by atoms with E-state index in [9.17, 15) is 0 Å². The average molecular weight is 302 g/mol. The summed E-state index contributed by atoms with van der Waals surface area (Å²) in [6.45, 7) is 3.53. The van der Waals surface area contributed by atoms with Gasteiger partial charge in [-0.25, -0.2) is 0 Å². The van der Waals surface area contributed by atoms with Crippen molar-refractivity contribution in [3.8, 4) is 0 Å². The minimum absolute atomic E-state index is 0.606. The fraction of sp³-hybridized carbons (Fsp3) is 0.615. The van der Waals surface area contributed by atoms with E-state index in [0.29, 0.717) is 5.92 Å². The summed E-state index contributed by atoms with van der Waals surface area (Å²) >= 11 is 7.53. The van der Waals surface area contributed by atoms with Gasteiger partial charge in [-0.1, -0.05) is 11.6 Å². The van der Waals surface area contributed by atoms with Crippen LogP contribution in [-0.4, -0.2) is 39.3 Å². The molecule has 1 aromatic heterocycles. The molecule has 0 amide bonds. The second-order valence-electron chi connectivity index (χ2n) is 4.57. The van der Waals surface area contributed by atoms with Crippen molar-refractivity contribution < 1.29 is 4.74 Å². The zero-order chi connectivity index (χ0) is 13.5. The number of hydrogen-bond donors (Lipinski definition) is 2. The van der Waals surface area contributed by atoms with E-state index in [1.807, 2.05) is 6.07 Å². The van der Waals surface area contributed by atoms with E-state index in [1.54, 1.807) is 18.4 Å². The van der Waals surface area contributed by atoms with Gasteiger partial charge in [0.25, 0.3) is 0 Å². The highest BCUT2D eigenvalue weighted by Gasteiger charge is 2.15. The predicted octanol–water partition coefficient (Wildman–Crippen LogP) is 2.15. The van der Waals surface area contributed by atoms with Gasteiger partial charge < -0.3 is 15.4 Å². The van der Waals surface area contributed by atoms with Crippen molar-refractivity contribution in [3.63, 3.8) is 0 Å². The summed E-state index contributed by atoms with van der Waals surface area (Å²) in [4.78, 5) is 5.51. The second-order valence-corrected chi connectivity index (χ2v) is 6.36. The number of hydrogen-bond acceptors (Lipinski definition) is 3. The van der Waals surface area contributed by atoms with Crippen LogP contribution >= 0.6 is 22.9 Å². The van der Waals surface area contributed by atoms with Crippen LogP contribution in [0.25, 0.3) is 0 Å². The Labute approximate surface area is 123 Å². The minimum atomic E-state index is 0.606. The number of halogens is 1. The maximum absolute atomic E-state index is 5.90. The summed E-state index contributed by atoms with van der Waals surface area (Å²) in [5.74, 6) is 1.46. The zero-order valence-electron chi connectivity index (χ0n) is 11.1. The molecule has 2 rings (SSSR count). The summed E-state index contributed by atoms with van der Waals surface area (Å²) in [6, 6.07) is 4.01. The van der Waals surface area contributed by atoms with E-state index in [2.05, 4.69) is 21.7 Å². The second kappa shape index (κ2) is 7.72. The maximum Gasteiger partial charge on any atom is 0.190 e. The van der Waals surface area contributed by atoms with E-state index >= 15 is 0 Å². The Bertz CT molecular complexity index is 416.